The number of ketones is 1. The lowest BCUT2D eigenvalue weighted by Gasteiger charge is -1.99. The number of nitrogens with zero attached hydrogens (tertiary/aromatic N) is 1. The molecule has 1 heterocycles. The van der Waals surface area contributed by atoms with E-state index in [9.17, 15) is 4.79 Å². The van der Waals surface area contributed by atoms with Gasteiger partial charge >= 0.3 is 0 Å². The zero-order valence-corrected chi connectivity index (χ0v) is 8.65. The van der Waals surface area contributed by atoms with Crippen LogP contribution >= 0.6 is 0 Å². The lowest BCUT2D eigenvalue weighted by Crippen LogP contribution is -1.94. The first-order chi connectivity index (χ1) is 7.18. The van der Waals surface area contributed by atoms with Crippen LogP contribution in [0.4, 0.5) is 0 Å². The van der Waals surface area contributed by atoms with Gasteiger partial charge in [0.05, 0.1) is 5.56 Å². The zero-order valence-electron chi connectivity index (χ0n) is 8.65. The van der Waals surface area contributed by atoms with Crippen LogP contribution in [0, 0.1) is 6.92 Å². The first-order valence-corrected chi connectivity index (χ1v) is 4.71. The Labute approximate surface area is 87.7 Å². The number of Topliss-reactive ketones (excluding diaryl/α,β-unsaturated/α-hetero) is 1. The van der Waals surface area contributed by atoms with Crippen molar-refractivity contribution in [3.05, 3.63) is 41.8 Å². The van der Waals surface area contributed by atoms with Crippen LogP contribution < -0.4 is 0 Å². The second kappa shape index (κ2) is 3.69. The number of aryl methyl sites for hydroxylation is 1. The van der Waals surface area contributed by atoms with Crippen LogP contribution in [-0.2, 0) is 0 Å². The zero-order chi connectivity index (χ0) is 10.8. The third kappa shape index (κ3) is 1.81. The number of benzene rings is 1. The maximum absolute atomic E-state index is 11.3. The highest BCUT2D eigenvalue weighted by Crippen LogP contribution is 2.23. The van der Waals surface area contributed by atoms with Gasteiger partial charge in [0.2, 0.25) is 0 Å². The van der Waals surface area contributed by atoms with E-state index >= 15 is 0 Å². The second-order valence-electron chi connectivity index (χ2n) is 3.50. The van der Waals surface area contributed by atoms with E-state index in [1.807, 2.05) is 31.2 Å². The Bertz CT molecular complexity index is 500. The highest BCUT2D eigenvalue weighted by molar-refractivity contribution is 5.98. The van der Waals surface area contributed by atoms with Gasteiger partial charge in [0.1, 0.15) is 6.26 Å². The Kier molecular flexibility index (Phi) is 2.37. The monoisotopic (exact) mass is 201 g/mol. The predicted molar refractivity (Wildman–Crippen MR) is 56.7 cm³/mol. The molecular formula is C12H11NO2. The summed E-state index contributed by atoms with van der Waals surface area (Å²) in [5.41, 5.74) is 3.25. The van der Waals surface area contributed by atoms with Crippen molar-refractivity contribution < 1.29 is 9.32 Å². The van der Waals surface area contributed by atoms with E-state index in [-0.39, 0.29) is 5.78 Å². The maximum Gasteiger partial charge on any atom is 0.182 e. The van der Waals surface area contributed by atoms with Crippen molar-refractivity contribution in [1.29, 1.82) is 0 Å². The van der Waals surface area contributed by atoms with E-state index in [4.69, 9.17) is 4.52 Å². The van der Waals surface area contributed by atoms with Crippen LogP contribution in [-0.4, -0.2) is 10.9 Å². The summed E-state index contributed by atoms with van der Waals surface area (Å²) in [6, 6.07) is 7.89. The smallest absolute Gasteiger partial charge is 0.182 e. The van der Waals surface area contributed by atoms with Crippen molar-refractivity contribution in [1.82, 2.24) is 5.16 Å². The summed E-state index contributed by atoms with van der Waals surface area (Å²) in [4.78, 5) is 11.3. The van der Waals surface area contributed by atoms with Crippen molar-refractivity contribution in [2.45, 2.75) is 13.8 Å². The average Bonchev–Trinajstić information content (AvgIpc) is 2.65. The number of aromatic nitrogens is 1. The normalized spacial score (nSPS) is 10.3. The van der Waals surface area contributed by atoms with Crippen LogP contribution in [0.1, 0.15) is 23.0 Å². The molecule has 0 fully saturated rings. The van der Waals surface area contributed by atoms with E-state index in [1.54, 1.807) is 0 Å². The fraction of sp³-hybridized carbons (Fsp3) is 0.167. The van der Waals surface area contributed by atoms with Gasteiger partial charge in [-0.3, -0.25) is 4.79 Å². The van der Waals surface area contributed by atoms with Crippen molar-refractivity contribution in [2.75, 3.05) is 0 Å². The van der Waals surface area contributed by atoms with Gasteiger partial charge in [-0.05, 0) is 12.5 Å². The molecule has 2 rings (SSSR count). The van der Waals surface area contributed by atoms with Gasteiger partial charge in [-0.2, -0.15) is 0 Å². The summed E-state index contributed by atoms with van der Waals surface area (Å²) in [5.74, 6) is -0.0831. The first-order valence-electron chi connectivity index (χ1n) is 4.71. The van der Waals surface area contributed by atoms with E-state index < -0.39 is 0 Å². The quantitative estimate of drug-likeness (QED) is 0.701. The molecule has 1 aromatic carbocycles. The molecule has 2 aromatic rings. The Morgan fingerprint density at radius 3 is 2.87 bits per heavy atom. The van der Waals surface area contributed by atoms with Crippen molar-refractivity contribution in [2.24, 2.45) is 0 Å². The fourth-order valence-corrected chi connectivity index (χ4v) is 1.51. The summed E-state index contributed by atoms with van der Waals surface area (Å²) in [6.45, 7) is 3.49. The Balaban J connectivity index is 2.54. The Hall–Kier alpha value is -1.90. The second-order valence-corrected chi connectivity index (χ2v) is 3.50. The molecule has 3 nitrogen and oxygen atoms in total. The van der Waals surface area contributed by atoms with Crippen molar-refractivity contribution >= 4 is 5.78 Å². The van der Waals surface area contributed by atoms with E-state index in [2.05, 4.69) is 5.16 Å². The molecule has 76 valence electrons. The highest BCUT2D eigenvalue weighted by atomic mass is 16.5. The maximum atomic E-state index is 11.3. The molecule has 0 saturated carbocycles. The molecule has 0 spiro atoms. The molecule has 3 heteroatoms. The number of hydrogen-bond donors (Lipinski definition) is 0. The van der Waals surface area contributed by atoms with Gasteiger partial charge in [-0.15, -0.1) is 0 Å². The summed E-state index contributed by atoms with van der Waals surface area (Å²) in [7, 11) is 0. The molecule has 0 aliphatic rings. The molecule has 0 radical (unpaired) electrons. The average molecular weight is 201 g/mol. The minimum absolute atomic E-state index is 0.0831. The number of carbonyl (C=O) groups is 1. The summed E-state index contributed by atoms with van der Waals surface area (Å²) >= 11 is 0. The van der Waals surface area contributed by atoms with E-state index in [0.29, 0.717) is 5.69 Å². The van der Waals surface area contributed by atoms with Crippen LogP contribution in [0.15, 0.2) is 35.1 Å². The lowest BCUT2D eigenvalue weighted by molar-refractivity contribution is 0.101. The molecule has 0 bridgehead atoms. The van der Waals surface area contributed by atoms with Gasteiger partial charge in [-0.25, -0.2) is 0 Å². The molecular weight excluding hydrogens is 190 g/mol. The molecule has 0 saturated heterocycles. The van der Waals surface area contributed by atoms with Crippen molar-refractivity contribution in [3.63, 3.8) is 0 Å². The van der Waals surface area contributed by atoms with Gasteiger partial charge < -0.3 is 4.52 Å². The van der Waals surface area contributed by atoms with Crippen molar-refractivity contribution in [3.8, 4) is 11.1 Å². The molecule has 0 unspecified atom stereocenters. The Morgan fingerprint density at radius 2 is 2.20 bits per heavy atom. The third-order valence-corrected chi connectivity index (χ3v) is 2.23. The topological polar surface area (TPSA) is 43.1 Å². The lowest BCUT2D eigenvalue weighted by atomic mass is 10.0. The summed E-state index contributed by atoms with van der Waals surface area (Å²) in [6.07, 6.45) is 1.51. The predicted octanol–water partition coefficient (Wildman–Crippen LogP) is 2.85. The summed E-state index contributed by atoms with van der Waals surface area (Å²) in [5, 5.41) is 3.70. The molecule has 0 amide bonds. The van der Waals surface area contributed by atoms with E-state index in [1.165, 1.54) is 13.2 Å². The van der Waals surface area contributed by atoms with Crippen LogP contribution in [0.2, 0.25) is 0 Å². The molecule has 0 aliphatic heterocycles. The van der Waals surface area contributed by atoms with Gasteiger partial charge in [0.25, 0.3) is 0 Å². The van der Waals surface area contributed by atoms with E-state index in [0.717, 1.165) is 16.7 Å². The van der Waals surface area contributed by atoms with Crippen LogP contribution in [0.25, 0.3) is 11.1 Å². The highest BCUT2D eigenvalue weighted by Gasteiger charge is 2.13. The number of hydrogen-bond acceptors (Lipinski definition) is 3. The molecule has 0 N–H and O–H groups in total. The number of carbonyl (C=O) groups excluding carboxylic acids is 1. The van der Waals surface area contributed by atoms with Crippen LogP contribution in [0.5, 0.6) is 0 Å². The molecule has 0 aliphatic carbocycles. The van der Waals surface area contributed by atoms with Gasteiger partial charge in [-0.1, -0.05) is 35.0 Å². The minimum Gasteiger partial charge on any atom is -0.363 e. The Morgan fingerprint density at radius 1 is 1.40 bits per heavy atom. The SMILES string of the molecule is CC(=O)c1nocc1-c1cccc(C)c1. The molecule has 0 atom stereocenters. The number of rotatable bonds is 2. The fourth-order valence-electron chi connectivity index (χ4n) is 1.51. The molecule has 1 aromatic heterocycles. The van der Waals surface area contributed by atoms with Crippen LogP contribution in [0.3, 0.4) is 0 Å². The minimum atomic E-state index is -0.0831. The first kappa shape index (κ1) is 9.65. The largest absolute Gasteiger partial charge is 0.363 e. The van der Waals surface area contributed by atoms with Gasteiger partial charge in [0.15, 0.2) is 11.5 Å². The van der Waals surface area contributed by atoms with Gasteiger partial charge in [0, 0.05) is 6.92 Å². The summed E-state index contributed by atoms with van der Waals surface area (Å²) < 4.78 is 4.83. The molecule has 15 heavy (non-hydrogen) atoms. The third-order valence-electron chi connectivity index (χ3n) is 2.23. The standard InChI is InChI=1S/C12H11NO2/c1-8-4-3-5-10(6-8)11-7-15-13-12(11)9(2)14/h3-7H,1-2H3.